The number of fused-ring (bicyclic) bond motifs is 1. The van der Waals surface area contributed by atoms with Gasteiger partial charge in [-0.05, 0) is 31.4 Å². The number of guanidine groups is 1. The van der Waals surface area contributed by atoms with Gasteiger partial charge in [-0.25, -0.2) is 0 Å². The molecule has 0 amide bonds. The van der Waals surface area contributed by atoms with Crippen LogP contribution in [0.25, 0.3) is 0 Å². The molecule has 0 atom stereocenters. The van der Waals surface area contributed by atoms with E-state index in [-0.39, 0.29) is 0 Å². The maximum absolute atomic E-state index is 4.35. The van der Waals surface area contributed by atoms with Crippen molar-refractivity contribution in [2.24, 2.45) is 4.99 Å². The number of hydrogen-bond donors (Lipinski definition) is 2. The van der Waals surface area contributed by atoms with Gasteiger partial charge in [-0.15, -0.1) is 21.5 Å². The Hall–Kier alpha value is -1.89. The Kier molecular flexibility index (Phi) is 5.85. The van der Waals surface area contributed by atoms with Crippen LogP contribution >= 0.6 is 11.3 Å². The molecule has 6 nitrogen and oxygen atoms in total. The minimum Gasteiger partial charge on any atom is -0.352 e. The molecule has 3 heterocycles. The first kappa shape index (κ1) is 17.0. The van der Waals surface area contributed by atoms with Crippen molar-refractivity contribution in [2.45, 2.75) is 58.7 Å². The van der Waals surface area contributed by atoms with E-state index >= 15 is 0 Å². The lowest BCUT2D eigenvalue weighted by molar-refractivity contribution is 0.596. The maximum atomic E-state index is 4.35. The van der Waals surface area contributed by atoms with Crippen molar-refractivity contribution in [1.82, 2.24) is 25.4 Å². The van der Waals surface area contributed by atoms with Crippen LogP contribution in [0.5, 0.6) is 0 Å². The second-order valence-electron chi connectivity index (χ2n) is 6.00. The zero-order valence-corrected chi connectivity index (χ0v) is 15.3. The fourth-order valence-electron chi connectivity index (χ4n) is 2.94. The summed E-state index contributed by atoms with van der Waals surface area (Å²) in [5.41, 5.74) is 0. The van der Waals surface area contributed by atoms with Crippen molar-refractivity contribution in [3.05, 3.63) is 33.5 Å². The highest BCUT2D eigenvalue weighted by Gasteiger charge is 2.14. The van der Waals surface area contributed by atoms with E-state index in [0.717, 1.165) is 43.5 Å². The van der Waals surface area contributed by atoms with Gasteiger partial charge in [-0.2, -0.15) is 0 Å². The lowest BCUT2D eigenvalue weighted by atomic mass is 10.2. The largest absolute Gasteiger partial charge is 0.352 e. The average molecular weight is 347 g/mol. The molecule has 1 aliphatic rings. The van der Waals surface area contributed by atoms with E-state index in [1.165, 1.54) is 29.0 Å². The van der Waals surface area contributed by atoms with Crippen LogP contribution in [0, 0.1) is 0 Å². The van der Waals surface area contributed by atoms with Crippen molar-refractivity contribution >= 4 is 17.3 Å². The van der Waals surface area contributed by atoms with Crippen LogP contribution in [0.15, 0.2) is 17.1 Å². The van der Waals surface area contributed by atoms with Crippen molar-refractivity contribution < 1.29 is 0 Å². The Labute approximate surface area is 147 Å². The minimum atomic E-state index is 0.650. The number of thiophene rings is 1. The molecule has 0 spiro atoms. The van der Waals surface area contributed by atoms with Gasteiger partial charge in [0, 0.05) is 29.8 Å². The molecule has 7 heteroatoms. The number of aromatic nitrogens is 3. The van der Waals surface area contributed by atoms with Crippen molar-refractivity contribution in [2.75, 3.05) is 7.05 Å². The molecule has 2 N–H and O–H groups in total. The van der Waals surface area contributed by atoms with E-state index in [2.05, 4.69) is 49.4 Å². The number of aryl methyl sites for hydroxylation is 2. The standard InChI is InChI=1S/C17H26N6S/c1-3-13-8-9-14(24-13)11-19-17(18-2)20-12-16-22-21-15-7-5-4-6-10-23(15)16/h8-9H,3-7,10-12H2,1-2H3,(H2,18,19,20). The van der Waals surface area contributed by atoms with Crippen molar-refractivity contribution in [3.8, 4) is 0 Å². The van der Waals surface area contributed by atoms with Crippen LogP contribution in [0.2, 0.25) is 0 Å². The first-order chi connectivity index (χ1) is 11.8. The normalized spacial score (nSPS) is 15.0. The van der Waals surface area contributed by atoms with Crippen LogP contribution in [-0.4, -0.2) is 27.8 Å². The van der Waals surface area contributed by atoms with Gasteiger partial charge in [0.2, 0.25) is 0 Å². The lowest BCUT2D eigenvalue weighted by Gasteiger charge is -2.12. The number of rotatable bonds is 5. The van der Waals surface area contributed by atoms with Crippen LogP contribution in [0.3, 0.4) is 0 Å². The highest BCUT2D eigenvalue weighted by Crippen LogP contribution is 2.16. The molecule has 0 saturated carbocycles. The minimum absolute atomic E-state index is 0.650. The summed E-state index contributed by atoms with van der Waals surface area (Å²) in [7, 11) is 1.80. The molecule has 0 unspecified atom stereocenters. The summed E-state index contributed by atoms with van der Waals surface area (Å²) in [6.45, 7) is 4.66. The van der Waals surface area contributed by atoms with Gasteiger partial charge in [-0.3, -0.25) is 4.99 Å². The number of nitrogens with zero attached hydrogens (tertiary/aromatic N) is 4. The Morgan fingerprint density at radius 2 is 2.00 bits per heavy atom. The molecule has 0 saturated heterocycles. The van der Waals surface area contributed by atoms with Crippen LogP contribution in [-0.2, 0) is 32.5 Å². The highest BCUT2D eigenvalue weighted by molar-refractivity contribution is 7.11. The lowest BCUT2D eigenvalue weighted by Crippen LogP contribution is -2.36. The average Bonchev–Trinajstić information content (AvgIpc) is 3.15. The molecule has 0 aromatic carbocycles. The Bertz CT molecular complexity index is 687. The second kappa shape index (κ2) is 8.28. The first-order valence-corrected chi connectivity index (χ1v) is 9.55. The van der Waals surface area contributed by atoms with Gasteiger partial charge in [0.15, 0.2) is 11.8 Å². The summed E-state index contributed by atoms with van der Waals surface area (Å²) in [6.07, 6.45) is 5.84. The summed E-state index contributed by atoms with van der Waals surface area (Å²) < 4.78 is 2.26. The Morgan fingerprint density at radius 3 is 2.79 bits per heavy atom. The number of nitrogens with one attached hydrogen (secondary N) is 2. The Balaban J connectivity index is 1.53. The SMILES string of the molecule is CCc1ccc(CNC(=NC)NCc2nnc3n2CCCCC3)s1. The van der Waals surface area contributed by atoms with Crippen molar-refractivity contribution in [3.63, 3.8) is 0 Å². The smallest absolute Gasteiger partial charge is 0.191 e. The highest BCUT2D eigenvalue weighted by atomic mass is 32.1. The zero-order chi connectivity index (χ0) is 16.8. The van der Waals surface area contributed by atoms with E-state index < -0.39 is 0 Å². The van der Waals surface area contributed by atoms with Crippen LogP contribution in [0.4, 0.5) is 0 Å². The van der Waals surface area contributed by atoms with E-state index in [1.807, 2.05) is 11.3 Å². The molecule has 3 rings (SSSR count). The van der Waals surface area contributed by atoms with E-state index in [1.54, 1.807) is 7.05 Å². The van der Waals surface area contributed by atoms with Crippen LogP contribution < -0.4 is 10.6 Å². The van der Waals surface area contributed by atoms with E-state index in [9.17, 15) is 0 Å². The molecular formula is C17H26N6S. The van der Waals surface area contributed by atoms with Gasteiger partial charge in [0.25, 0.3) is 0 Å². The maximum Gasteiger partial charge on any atom is 0.191 e. The summed E-state index contributed by atoms with van der Waals surface area (Å²) >= 11 is 1.85. The third kappa shape index (κ3) is 4.14. The van der Waals surface area contributed by atoms with Gasteiger partial charge in [0.05, 0.1) is 13.1 Å². The van der Waals surface area contributed by atoms with Gasteiger partial charge in [-0.1, -0.05) is 13.3 Å². The van der Waals surface area contributed by atoms with Crippen molar-refractivity contribution in [1.29, 1.82) is 0 Å². The molecule has 24 heavy (non-hydrogen) atoms. The summed E-state index contributed by atoms with van der Waals surface area (Å²) in [5.74, 6) is 2.92. The first-order valence-electron chi connectivity index (χ1n) is 8.73. The molecule has 130 valence electrons. The monoisotopic (exact) mass is 346 g/mol. The second-order valence-corrected chi connectivity index (χ2v) is 7.25. The van der Waals surface area contributed by atoms with Gasteiger partial charge in [0.1, 0.15) is 5.82 Å². The third-order valence-electron chi connectivity index (χ3n) is 4.32. The topological polar surface area (TPSA) is 67.1 Å². The number of hydrogen-bond acceptors (Lipinski definition) is 4. The molecule has 0 radical (unpaired) electrons. The molecule has 0 aliphatic carbocycles. The Morgan fingerprint density at radius 1 is 1.17 bits per heavy atom. The summed E-state index contributed by atoms with van der Waals surface area (Å²) in [4.78, 5) is 7.04. The van der Waals surface area contributed by atoms with Crippen LogP contribution in [0.1, 0.15) is 47.6 Å². The molecular weight excluding hydrogens is 320 g/mol. The molecule has 2 aromatic heterocycles. The number of aliphatic imine (C=N–C) groups is 1. The fourth-order valence-corrected chi connectivity index (χ4v) is 3.84. The summed E-state index contributed by atoms with van der Waals surface area (Å²) in [6, 6.07) is 4.38. The molecule has 1 aliphatic heterocycles. The van der Waals surface area contributed by atoms with E-state index in [4.69, 9.17) is 0 Å². The quantitative estimate of drug-likeness (QED) is 0.645. The predicted molar refractivity (Wildman–Crippen MR) is 98.3 cm³/mol. The molecule has 2 aromatic rings. The third-order valence-corrected chi connectivity index (χ3v) is 5.55. The van der Waals surface area contributed by atoms with Gasteiger partial charge < -0.3 is 15.2 Å². The van der Waals surface area contributed by atoms with Gasteiger partial charge >= 0.3 is 0 Å². The summed E-state index contributed by atoms with van der Waals surface area (Å²) in [5, 5.41) is 15.4. The fraction of sp³-hybridized carbons (Fsp3) is 0.588. The molecule has 0 fully saturated rings. The molecule has 0 bridgehead atoms. The zero-order valence-electron chi connectivity index (χ0n) is 14.5. The predicted octanol–water partition coefficient (Wildman–Crippen LogP) is 2.49. The van der Waals surface area contributed by atoms with E-state index in [0.29, 0.717) is 6.54 Å².